The van der Waals surface area contributed by atoms with Crippen LogP contribution in [0, 0.1) is 5.92 Å². The van der Waals surface area contributed by atoms with Crippen LogP contribution in [0.3, 0.4) is 0 Å². The zero-order valence-corrected chi connectivity index (χ0v) is 11.2. The summed E-state index contributed by atoms with van der Waals surface area (Å²) in [4.78, 5) is 23.7. The molecule has 1 aromatic heterocycles. The summed E-state index contributed by atoms with van der Waals surface area (Å²) in [6.07, 6.45) is 0.672. The van der Waals surface area contributed by atoms with Gasteiger partial charge in [-0.25, -0.2) is 4.79 Å². The monoisotopic (exact) mass is 270 g/mol. The van der Waals surface area contributed by atoms with E-state index in [9.17, 15) is 9.59 Å². The zero-order chi connectivity index (χ0) is 13.7. The molecule has 0 aliphatic carbocycles. The van der Waals surface area contributed by atoms with E-state index in [-0.39, 0.29) is 5.92 Å². The van der Waals surface area contributed by atoms with Crippen LogP contribution in [0.4, 0.5) is 0 Å². The number of amides is 1. The van der Waals surface area contributed by atoms with Crippen molar-refractivity contribution in [2.45, 2.75) is 32.4 Å². The fourth-order valence-corrected chi connectivity index (χ4v) is 2.25. The van der Waals surface area contributed by atoms with Crippen molar-refractivity contribution < 1.29 is 14.7 Å². The molecule has 4 N–H and O–H groups in total. The van der Waals surface area contributed by atoms with Gasteiger partial charge in [0.05, 0.1) is 0 Å². The number of hydrogen-bond acceptors (Lipinski definition) is 4. The normalized spacial score (nSPS) is 15.7. The fourth-order valence-electron chi connectivity index (χ4n) is 1.52. The molecule has 0 fully saturated rings. The fraction of sp³-hybridized carbons (Fsp3) is 0.500. The van der Waals surface area contributed by atoms with Crippen molar-refractivity contribution in [3.8, 4) is 0 Å². The van der Waals surface area contributed by atoms with Gasteiger partial charge in [0.2, 0.25) is 5.91 Å². The van der Waals surface area contributed by atoms with E-state index in [1.165, 1.54) is 11.3 Å². The lowest BCUT2D eigenvalue weighted by atomic mass is 9.99. The lowest BCUT2D eigenvalue weighted by Crippen LogP contribution is -2.48. The summed E-state index contributed by atoms with van der Waals surface area (Å²) in [7, 11) is 0. The van der Waals surface area contributed by atoms with Crippen molar-refractivity contribution in [3.05, 3.63) is 22.4 Å². The third kappa shape index (κ3) is 3.54. The van der Waals surface area contributed by atoms with E-state index in [0.717, 1.165) is 4.88 Å². The Labute approximate surface area is 110 Å². The minimum atomic E-state index is -1.03. The first-order valence-corrected chi connectivity index (χ1v) is 6.67. The number of rotatable bonds is 6. The molecule has 0 saturated heterocycles. The number of carboxylic acid groups (broad SMARTS) is 1. The van der Waals surface area contributed by atoms with E-state index in [0.29, 0.717) is 6.42 Å². The van der Waals surface area contributed by atoms with Crippen LogP contribution in [0.1, 0.15) is 31.2 Å². The number of aliphatic carboxylic acids is 1. The molecular formula is C12H18N2O3S. The van der Waals surface area contributed by atoms with E-state index < -0.39 is 24.0 Å². The maximum absolute atomic E-state index is 11.9. The number of hydrogen-bond donors (Lipinski definition) is 3. The zero-order valence-electron chi connectivity index (χ0n) is 10.4. The van der Waals surface area contributed by atoms with Crippen LogP contribution in [-0.2, 0) is 9.59 Å². The minimum Gasteiger partial charge on any atom is -0.480 e. The first kappa shape index (κ1) is 14.7. The van der Waals surface area contributed by atoms with E-state index in [4.69, 9.17) is 10.8 Å². The molecule has 1 heterocycles. The molecule has 0 bridgehead atoms. The highest BCUT2D eigenvalue weighted by atomic mass is 32.1. The van der Waals surface area contributed by atoms with Crippen molar-refractivity contribution >= 4 is 23.2 Å². The smallest absolute Gasteiger partial charge is 0.326 e. The molecular weight excluding hydrogens is 252 g/mol. The quantitative estimate of drug-likeness (QED) is 0.727. The van der Waals surface area contributed by atoms with Gasteiger partial charge in [-0.05, 0) is 17.4 Å². The Bertz CT molecular complexity index is 405. The molecule has 0 radical (unpaired) electrons. The van der Waals surface area contributed by atoms with Crippen LogP contribution in [-0.4, -0.2) is 23.0 Å². The van der Waals surface area contributed by atoms with Gasteiger partial charge in [0.1, 0.15) is 12.1 Å². The molecule has 0 aliphatic heterocycles. The number of carboxylic acids is 1. The van der Waals surface area contributed by atoms with Gasteiger partial charge >= 0.3 is 5.97 Å². The molecule has 0 spiro atoms. The molecule has 18 heavy (non-hydrogen) atoms. The van der Waals surface area contributed by atoms with Gasteiger partial charge in [0.15, 0.2) is 0 Å². The molecule has 1 amide bonds. The van der Waals surface area contributed by atoms with Crippen LogP contribution in [0.15, 0.2) is 17.5 Å². The summed E-state index contributed by atoms with van der Waals surface area (Å²) in [5, 5.41) is 13.4. The Balaban J connectivity index is 2.70. The lowest BCUT2D eigenvalue weighted by molar-refractivity contribution is -0.143. The average molecular weight is 270 g/mol. The van der Waals surface area contributed by atoms with E-state index in [2.05, 4.69) is 5.32 Å². The average Bonchev–Trinajstić information content (AvgIpc) is 2.87. The summed E-state index contributed by atoms with van der Waals surface area (Å²) < 4.78 is 0. The molecule has 3 unspecified atom stereocenters. The van der Waals surface area contributed by atoms with Crippen LogP contribution in [0.5, 0.6) is 0 Å². The van der Waals surface area contributed by atoms with Crippen molar-refractivity contribution in [2.75, 3.05) is 0 Å². The molecule has 0 aliphatic rings. The predicted octanol–water partition coefficient (Wildman–Crippen LogP) is 1.36. The topological polar surface area (TPSA) is 92.4 Å². The summed E-state index contributed by atoms with van der Waals surface area (Å²) in [6, 6.07) is 1.86. The molecule has 5 nitrogen and oxygen atoms in total. The Kier molecular flexibility index (Phi) is 5.30. The highest BCUT2D eigenvalue weighted by molar-refractivity contribution is 7.10. The molecule has 6 heteroatoms. The van der Waals surface area contributed by atoms with Crippen LogP contribution < -0.4 is 11.1 Å². The highest BCUT2D eigenvalue weighted by Crippen LogP contribution is 2.17. The van der Waals surface area contributed by atoms with Crippen molar-refractivity contribution in [1.82, 2.24) is 5.32 Å². The molecule has 1 rings (SSSR count). The van der Waals surface area contributed by atoms with Crippen molar-refractivity contribution in [3.63, 3.8) is 0 Å². The molecule has 0 saturated carbocycles. The number of carbonyl (C=O) groups excluding carboxylic acids is 1. The largest absolute Gasteiger partial charge is 0.480 e. The standard InChI is InChI=1S/C12H18N2O3S/c1-3-7(2)10(12(16)17)14-11(15)9(13)8-5-4-6-18-8/h4-7,9-10H,3,13H2,1-2H3,(H,14,15)(H,16,17). The van der Waals surface area contributed by atoms with Gasteiger partial charge < -0.3 is 16.2 Å². The van der Waals surface area contributed by atoms with E-state index >= 15 is 0 Å². The summed E-state index contributed by atoms with van der Waals surface area (Å²) in [5.41, 5.74) is 5.78. The predicted molar refractivity (Wildman–Crippen MR) is 70.3 cm³/mol. The Morgan fingerprint density at radius 2 is 2.22 bits per heavy atom. The third-order valence-electron chi connectivity index (χ3n) is 2.91. The molecule has 3 atom stereocenters. The third-order valence-corrected chi connectivity index (χ3v) is 3.86. The maximum atomic E-state index is 11.9. The van der Waals surface area contributed by atoms with Gasteiger partial charge in [-0.15, -0.1) is 11.3 Å². The van der Waals surface area contributed by atoms with Crippen molar-refractivity contribution in [2.24, 2.45) is 11.7 Å². The first-order valence-electron chi connectivity index (χ1n) is 5.79. The Hall–Kier alpha value is -1.40. The first-order chi connectivity index (χ1) is 8.47. The lowest BCUT2D eigenvalue weighted by Gasteiger charge is -2.21. The Morgan fingerprint density at radius 1 is 1.56 bits per heavy atom. The second-order valence-corrected chi connectivity index (χ2v) is 5.18. The summed E-state index contributed by atoms with van der Waals surface area (Å²) >= 11 is 1.38. The Morgan fingerprint density at radius 3 is 2.67 bits per heavy atom. The number of nitrogens with two attached hydrogens (primary N) is 1. The van der Waals surface area contributed by atoms with Gasteiger partial charge in [0.25, 0.3) is 0 Å². The van der Waals surface area contributed by atoms with E-state index in [1.54, 1.807) is 19.1 Å². The van der Waals surface area contributed by atoms with E-state index in [1.807, 2.05) is 12.3 Å². The minimum absolute atomic E-state index is 0.137. The number of nitrogens with one attached hydrogen (secondary N) is 1. The van der Waals surface area contributed by atoms with Crippen LogP contribution in [0.2, 0.25) is 0 Å². The van der Waals surface area contributed by atoms with Gasteiger partial charge in [-0.1, -0.05) is 26.3 Å². The summed E-state index contributed by atoms with van der Waals surface area (Å²) in [6.45, 7) is 3.67. The molecule has 100 valence electrons. The van der Waals surface area contributed by atoms with Gasteiger partial charge in [-0.3, -0.25) is 4.79 Å². The second-order valence-electron chi connectivity index (χ2n) is 4.20. The van der Waals surface area contributed by atoms with Crippen molar-refractivity contribution in [1.29, 1.82) is 0 Å². The molecule has 1 aromatic rings. The second kappa shape index (κ2) is 6.51. The number of carbonyl (C=O) groups is 2. The van der Waals surface area contributed by atoms with Crippen LogP contribution in [0.25, 0.3) is 0 Å². The van der Waals surface area contributed by atoms with Gasteiger partial charge in [0, 0.05) is 4.88 Å². The van der Waals surface area contributed by atoms with Crippen LogP contribution >= 0.6 is 11.3 Å². The van der Waals surface area contributed by atoms with Gasteiger partial charge in [-0.2, -0.15) is 0 Å². The SMILES string of the molecule is CCC(C)C(NC(=O)C(N)c1cccs1)C(=O)O. The highest BCUT2D eigenvalue weighted by Gasteiger charge is 2.28. The summed E-state index contributed by atoms with van der Waals surface area (Å²) in [5.74, 6) is -1.62. The molecule has 0 aromatic carbocycles. The maximum Gasteiger partial charge on any atom is 0.326 e. The number of thiophene rings is 1.